The van der Waals surface area contributed by atoms with Gasteiger partial charge in [-0.2, -0.15) is 33.7 Å². The second kappa shape index (κ2) is 7.91. The number of nitriles is 1. The Hall–Kier alpha value is -4.20. The van der Waals surface area contributed by atoms with Gasteiger partial charge in [0.2, 0.25) is 0 Å². The number of halogens is 3. The van der Waals surface area contributed by atoms with Crippen LogP contribution in [0.2, 0.25) is 0 Å². The molecule has 0 saturated carbocycles. The first-order valence-electron chi connectivity index (χ1n) is 8.90. The normalized spacial score (nSPS) is 11.3. The van der Waals surface area contributed by atoms with Crippen LogP contribution < -0.4 is 4.74 Å². The van der Waals surface area contributed by atoms with Gasteiger partial charge in [-0.15, -0.1) is 5.10 Å². The number of aromatic amines is 1. The molecule has 2 aromatic heterocycles. The van der Waals surface area contributed by atoms with E-state index in [9.17, 15) is 13.2 Å². The number of aryl methyl sites for hydroxylation is 1. The molecule has 0 spiro atoms. The van der Waals surface area contributed by atoms with Gasteiger partial charge in [-0.3, -0.25) is 0 Å². The molecule has 4 aromatic rings. The number of nitrogens with zero attached hydrogens (tertiary/aromatic N) is 5. The van der Waals surface area contributed by atoms with Crippen molar-refractivity contribution in [1.82, 2.24) is 25.6 Å². The molecule has 11 heteroatoms. The van der Waals surface area contributed by atoms with Crippen molar-refractivity contribution in [3.63, 3.8) is 0 Å². The molecule has 2 heterocycles. The first kappa shape index (κ1) is 20.1. The molecule has 0 aliphatic carbocycles. The smallest absolute Gasteiger partial charge is 0.416 e. The summed E-state index contributed by atoms with van der Waals surface area (Å²) in [5.74, 6) is 0.685. The molecule has 1 N–H and O–H groups in total. The number of hydrogen-bond donors (Lipinski definition) is 1. The predicted molar refractivity (Wildman–Crippen MR) is 100 cm³/mol. The summed E-state index contributed by atoms with van der Waals surface area (Å²) in [5.41, 5.74) is 0.244. The highest BCUT2D eigenvalue weighted by Gasteiger charge is 2.32. The average Bonchev–Trinajstić information content (AvgIpc) is 3.40. The van der Waals surface area contributed by atoms with Crippen molar-refractivity contribution < 1.29 is 22.4 Å². The van der Waals surface area contributed by atoms with Crippen LogP contribution in [0.3, 0.4) is 0 Å². The van der Waals surface area contributed by atoms with Gasteiger partial charge < -0.3 is 9.26 Å². The van der Waals surface area contributed by atoms with E-state index < -0.39 is 11.7 Å². The zero-order valence-corrected chi connectivity index (χ0v) is 15.9. The molecule has 4 rings (SSSR count). The Balaban J connectivity index is 1.68. The number of benzene rings is 2. The van der Waals surface area contributed by atoms with Crippen molar-refractivity contribution in [3.05, 3.63) is 65.1 Å². The van der Waals surface area contributed by atoms with Gasteiger partial charge in [0.05, 0.1) is 5.56 Å². The van der Waals surface area contributed by atoms with Crippen LogP contribution in [0.4, 0.5) is 13.2 Å². The fraction of sp³-hybridized carbons (Fsp3) is 0.150. The highest BCUT2D eigenvalue weighted by molar-refractivity contribution is 5.67. The van der Waals surface area contributed by atoms with Crippen LogP contribution in [-0.4, -0.2) is 25.6 Å². The molecule has 0 saturated heterocycles. The van der Waals surface area contributed by atoms with Crippen molar-refractivity contribution in [1.29, 1.82) is 5.26 Å². The summed E-state index contributed by atoms with van der Waals surface area (Å²) in [6.07, 6.45) is -4.62. The van der Waals surface area contributed by atoms with Crippen LogP contribution in [0.25, 0.3) is 22.7 Å². The van der Waals surface area contributed by atoms with E-state index in [1.54, 1.807) is 37.3 Å². The molecule has 8 nitrogen and oxygen atoms in total. The summed E-state index contributed by atoms with van der Waals surface area (Å²) in [7, 11) is 0. The molecule has 0 bridgehead atoms. The van der Waals surface area contributed by atoms with Gasteiger partial charge in [-0.25, -0.2) is 0 Å². The lowest BCUT2D eigenvalue weighted by atomic mass is 10.1. The van der Waals surface area contributed by atoms with Crippen LogP contribution in [0, 0.1) is 18.3 Å². The van der Waals surface area contributed by atoms with Crippen molar-refractivity contribution in [2.75, 3.05) is 0 Å². The van der Waals surface area contributed by atoms with E-state index in [2.05, 4.69) is 25.6 Å². The van der Waals surface area contributed by atoms with Gasteiger partial charge in [-0.05, 0) is 31.2 Å². The SMILES string of the molecule is Cc1noc(-c2ccccc2COc2cc(-c3n[nH]nc3C#N)cc(C(F)(F)F)c2)n1. The molecule has 0 unspecified atom stereocenters. The van der Waals surface area contributed by atoms with Gasteiger partial charge in [-0.1, -0.05) is 23.4 Å². The van der Waals surface area contributed by atoms with E-state index in [1.807, 2.05) is 0 Å². The van der Waals surface area contributed by atoms with E-state index in [-0.39, 0.29) is 35.2 Å². The molecular formula is C20H13F3N6O2. The van der Waals surface area contributed by atoms with Crippen LogP contribution in [-0.2, 0) is 12.8 Å². The summed E-state index contributed by atoms with van der Waals surface area (Å²) in [4.78, 5) is 4.18. The number of ether oxygens (including phenoxy) is 1. The predicted octanol–water partition coefficient (Wildman–Crippen LogP) is 4.30. The zero-order valence-electron chi connectivity index (χ0n) is 15.9. The molecule has 0 aliphatic rings. The molecule has 2 aromatic carbocycles. The summed E-state index contributed by atoms with van der Waals surface area (Å²) >= 11 is 0. The molecular weight excluding hydrogens is 413 g/mol. The number of aromatic nitrogens is 5. The van der Waals surface area contributed by atoms with Crippen molar-refractivity contribution in [2.45, 2.75) is 19.7 Å². The Morgan fingerprint density at radius 2 is 1.97 bits per heavy atom. The van der Waals surface area contributed by atoms with Crippen LogP contribution in [0.1, 0.15) is 22.6 Å². The van der Waals surface area contributed by atoms with Gasteiger partial charge in [0.1, 0.15) is 24.1 Å². The topological polar surface area (TPSA) is 114 Å². The standard InChI is InChI=1S/C20H13F3N6O2/c1-11-25-19(31-28-11)16-5-3-2-4-12(16)10-30-15-7-13(6-14(8-15)20(21,22)23)18-17(9-24)26-29-27-18/h2-8H,10H2,1H3,(H,26,27,29). The molecule has 0 atom stereocenters. The van der Waals surface area contributed by atoms with Crippen molar-refractivity contribution >= 4 is 0 Å². The highest BCUT2D eigenvalue weighted by Crippen LogP contribution is 2.36. The third-order valence-electron chi connectivity index (χ3n) is 4.33. The number of hydrogen-bond acceptors (Lipinski definition) is 7. The maximum atomic E-state index is 13.4. The minimum Gasteiger partial charge on any atom is -0.489 e. The largest absolute Gasteiger partial charge is 0.489 e. The van der Waals surface area contributed by atoms with E-state index in [4.69, 9.17) is 14.5 Å². The number of rotatable bonds is 5. The first-order valence-corrected chi connectivity index (χ1v) is 8.90. The highest BCUT2D eigenvalue weighted by atomic mass is 19.4. The Kier molecular flexibility index (Phi) is 5.12. The van der Waals surface area contributed by atoms with E-state index in [0.29, 0.717) is 17.0 Å². The van der Waals surface area contributed by atoms with Crippen LogP contribution >= 0.6 is 0 Å². The number of H-pyrrole nitrogens is 1. The maximum Gasteiger partial charge on any atom is 0.416 e. The van der Waals surface area contributed by atoms with E-state index in [0.717, 1.165) is 12.1 Å². The summed E-state index contributed by atoms with van der Waals surface area (Å²) < 4.78 is 51.2. The van der Waals surface area contributed by atoms with Gasteiger partial charge in [0.15, 0.2) is 11.5 Å². The number of nitrogens with one attached hydrogen (secondary N) is 1. The third-order valence-corrected chi connectivity index (χ3v) is 4.33. The quantitative estimate of drug-likeness (QED) is 0.506. The van der Waals surface area contributed by atoms with Gasteiger partial charge in [0, 0.05) is 16.7 Å². The van der Waals surface area contributed by atoms with Crippen molar-refractivity contribution in [3.8, 4) is 34.5 Å². The molecule has 0 fully saturated rings. The lowest BCUT2D eigenvalue weighted by molar-refractivity contribution is -0.137. The lowest BCUT2D eigenvalue weighted by Crippen LogP contribution is -2.06. The fourth-order valence-electron chi connectivity index (χ4n) is 2.92. The van der Waals surface area contributed by atoms with Gasteiger partial charge >= 0.3 is 6.18 Å². The average molecular weight is 426 g/mol. The molecule has 156 valence electrons. The fourth-order valence-corrected chi connectivity index (χ4v) is 2.92. The van der Waals surface area contributed by atoms with Crippen molar-refractivity contribution in [2.24, 2.45) is 0 Å². The number of alkyl halides is 3. The molecule has 0 aliphatic heterocycles. The van der Waals surface area contributed by atoms with E-state index >= 15 is 0 Å². The lowest BCUT2D eigenvalue weighted by Gasteiger charge is -2.13. The summed E-state index contributed by atoms with van der Waals surface area (Å²) in [6.45, 7) is 1.62. The zero-order chi connectivity index (χ0) is 22.0. The van der Waals surface area contributed by atoms with Crippen LogP contribution in [0.5, 0.6) is 5.75 Å². The second-order valence-corrected chi connectivity index (χ2v) is 6.47. The Bertz CT molecular complexity index is 1270. The third kappa shape index (κ3) is 4.23. The Morgan fingerprint density at radius 3 is 2.68 bits per heavy atom. The maximum absolute atomic E-state index is 13.4. The molecule has 0 amide bonds. The minimum atomic E-state index is -4.62. The monoisotopic (exact) mass is 426 g/mol. The molecule has 0 radical (unpaired) electrons. The van der Waals surface area contributed by atoms with E-state index in [1.165, 1.54) is 6.07 Å². The second-order valence-electron chi connectivity index (χ2n) is 6.47. The van der Waals surface area contributed by atoms with Crippen LogP contribution in [0.15, 0.2) is 47.0 Å². The Labute approximate surface area is 173 Å². The molecule has 31 heavy (non-hydrogen) atoms. The van der Waals surface area contributed by atoms with Gasteiger partial charge in [0.25, 0.3) is 5.89 Å². The summed E-state index contributed by atoms with van der Waals surface area (Å²) in [5, 5.41) is 22.5. The Morgan fingerprint density at radius 1 is 1.16 bits per heavy atom. The first-order chi connectivity index (χ1) is 14.8. The minimum absolute atomic E-state index is 0.000172. The summed E-state index contributed by atoms with van der Waals surface area (Å²) in [6, 6.07) is 12.0.